The molecule has 3 N–H and O–H groups in total. The van der Waals surface area contributed by atoms with Crippen molar-refractivity contribution >= 4 is 23.4 Å². The van der Waals surface area contributed by atoms with Crippen LogP contribution in [0.1, 0.15) is 13.3 Å². The van der Waals surface area contributed by atoms with Crippen molar-refractivity contribution < 1.29 is 9.53 Å². The van der Waals surface area contributed by atoms with Crippen LogP contribution in [0.3, 0.4) is 0 Å². The van der Waals surface area contributed by atoms with Crippen LogP contribution in [0.2, 0.25) is 0 Å². The molecule has 0 saturated heterocycles. The predicted octanol–water partition coefficient (Wildman–Crippen LogP) is 3.88. The highest BCUT2D eigenvalue weighted by Gasteiger charge is 2.11. The van der Waals surface area contributed by atoms with Gasteiger partial charge in [0, 0.05) is 16.6 Å². The van der Waals surface area contributed by atoms with Crippen molar-refractivity contribution in [3.05, 3.63) is 48.5 Å². The van der Waals surface area contributed by atoms with E-state index in [4.69, 9.17) is 10.5 Å². The molecule has 1 atom stereocenters. The lowest BCUT2D eigenvalue weighted by Crippen LogP contribution is -2.34. The van der Waals surface area contributed by atoms with Crippen LogP contribution in [-0.4, -0.2) is 18.2 Å². The van der Waals surface area contributed by atoms with Gasteiger partial charge in [0.05, 0.1) is 6.04 Å². The first-order chi connectivity index (χ1) is 10.6. The van der Waals surface area contributed by atoms with Crippen LogP contribution in [0.15, 0.2) is 53.4 Å². The van der Waals surface area contributed by atoms with Gasteiger partial charge >= 0.3 is 0 Å². The zero-order valence-electron chi connectivity index (χ0n) is 12.7. The van der Waals surface area contributed by atoms with Crippen molar-refractivity contribution in [2.45, 2.75) is 24.3 Å². The van der Waals surface area contributed by atoms with Crippen LogP contribution in [-0.2, 0) is 4.79 Å². The third kappa shape index (κ3) is 4.51. The van der Waals surface area contributed by atoms with E-state index in [1.165, 1.54) is 0 Å². The van der Waals surface area contributed by atoms with Crippen molar-refractivity contribution in [2.75, 3.05) is 11.6 Å². The van der Waals surface area contributed by atoms with Crippen LogP contribution in [0.25, 0.3) is 0 Å². The lowest BCUT2D eigenvalue weighted by atomic mass is 10.2. The quantitative estimate of drug-likeness (QED) is 0.794. The molecule has 4 nitrogen and oxygen atoms in total. The SMILES string of the molecule is CCC(N)C(=O)Nc1cccc(Oc2cccc(SC)c2)c1. The van der Waals surface area contributed by atoms with Crippen LogP contribution in [0.5, 0.6) is 11.5 Å². The molecule has 2 aromatic carbocycles. The number of hydrogen-bond donors (Lipinski definition) is 2. The second kappa shape index (κ2) is 7.87. The predicted molar refractivity (Wildman–Crippen MR) is 91.6 cm³/mol. The summed E-state index contributed by atoms with van der Waals surface area (Å²) in [5.41, 5.74) is 6.39. The molecule has 0 aliphatic carbocycles. The van der Waals surface area contributed by atoms with Gasteiger partial charge in [-0.15, -0.1) is 11.8 Å². The highest BCUT2D eigenvalue weighted by molar-refractivity contribution is 7.98. The molecule has 5 heteroatoms. The largest absolute Gasteiger partial charge is 0.457 e. The summed E-state index contributed by atoms with van der Waals surface area (Å²) in [7, 11) is 0. The standard InChI is InChI=1S/C17H20N2O2S/c1-3-16(18)17(20)19-12-6-4-7-13(10-12)21-14-8-5-9-15(11-14)22-2/h4-11,16H,3,18H2,1-2H3,(H,19,20). The summed E-state index contributed by atoms with van der Waals surface area (Å²) in [4.78, 5) is 13.0. The minimum Gasteiger partial charge on any atom is -0.457 e. The Bertz CT molecular complexity index is 646. The summed E-state index contributed by atoms with van der Waals surface area (Å²) in [6.07, 6.45) is 2.62. The summed E-state index contributed by atoms with van der Waals surface area (Å²) in [5.74, 6) is 1.24. The third-order valence-corrected chi connectivity index (χ3v) is 3.88. The van der Waals surface area contributed by atoms with Gasteiger partial charge in [-0.1, -0.05) is 19.1 Å². The average Bonchev–Trinajstić information content (AvgIpc) is 2.54. The van der Waals surface area contributed by atoms with Crippen LogP contribution in [0, 0.1) is 0 Å². The summed E-state index contributed by atoms with van der Waals surface area (Å²) >= 11 is 1.66. The van der Waals surface area contributed by atoms with Gasteiger partial charge in [-0.2, -0.15) is 0 Å². The second-order valence-electron chi connectivity index (χ2n) is 4.81. The van der Waals surface area contributed by atoms with E-state index in [0.717, 1.165) is 10.6 Å². The Morgan fingerprint density at radius 1 is 1.23 bits per heavy atom. The van der Waals surface area contributed by atoms with E-state index in [9.17, 15) is 4.79 Å². The summed E-state index contributed by atoms with van der Waals surface area (Å²) in [6, 6.07) is 14.6. The zero-order valence-corrected chi connectivity index (χ0v) is 13.5. The van der Waals surface area contributed by atoms with Gasteiger partial charge in [-0.05, 0) is 43.0 Å². The van der Waals surface area contributed by atoms with E-state index in [-0.39, 0.29) is 5.91 Å². The van der Waals surface area contributed by atoms with Gasteiger partial charge in [0.2, 0.25) is 5.91 Å². The molecular weight excluding hydrogens is 296 g/mol. The molecule has 2 rings (SSSR count). The van der Waals surface area contributed by atoms with E-state index >= 15 is 0 Å². The topological polar surface area (TPSA) is 64.4 Å². The molecule has 0 fully saturated rings. The van der Waals surface area contributed by atoms with E-state index < -0.39 is 6.04 Å². The number of ether oxygens (including phenoxy) is 1. The van der Waals surface area contributed by atoms with E-state index in [1.807, 2.05) is 55.6 Å². The van der Waals surface area contributed by atoms with Crippen molar-refractivity contribution in [3.8, 4) is 11.5 Å². The van der Waals surface area contributed by atoms with E-state index in [1.54, 1.807) is 17.8 Å². The number of amides is 1. The van der Waals surface area contributed by atoms with Crippen molar-refractivity contribution in [1.29, 1.82) is 0 Å². The number of benzene rings is 2. The zero-order chi connectivity index (χ0) is 15.9. The maximum absolute atomic E-state index is 11.8. The van der Waals surface area contributed by atoms with Crippen LogP contribution in [0.4, 0.5) is 5.69 Å². The number of hydrogen-bond acceptors (Lipinski definition) is 4. The Kier molecular flexibility index (Phi) is 5.86. The van der Waals surface area contributed by atoms with Crippen LogP contribution < -0.4 is 15.8 Å². The second-order valence-corrected chi connectivity index (χ2v) is 5.69. The van der Waals surface area contributed by atoms with Gasteiger partial charge in [0.1, 0.15) is 11.5 Å². The summed E-state index contributed by atoms with van der Waals surface area (Å²) < 4.78 is 5.83. The third-order valence-electron chi connectivity index (χ3n) is 3.16. The molecule has 0 saturated carbocycles. The minimum atomic E-state index is -0.497. The Morgan fingerprint density at radius 2 is 1.91 bits per heavy atom. The maximum Gasteiger partial charge on any atom is 0.241 e. The number of nitrogens with one attached hydrogen (secondary N) is 1. The molecule has 0 heterocycles. The molecule has 0 bridgehead atoms. The first kappa shape index (κ1) is 16.4. The maximum atomic E-state index is 11.8. The van der Waals surface area contributed by atoms with E-state index in [2.05, 4.69) is 5.32 Å². The summed E-state index contributed by atoms with van der Waals surface area (Å²) in [5, 5.41) is 2.79. The fourth-order valence-electron chi connectivity index (χ4n) is 1.86. The van der Waals surface area contributed by atoms with Crippen LogP contribution >= 0.6 is 11.8 Å². The Hall–Kier alpha value is -1.98. The molecule has 22 heavy (non-hydrogen) atoms. The van der Waals surface area contributed by atoms with Gasteiger partial charge in [-0.25, -0.2) is 0 Å². The van der Waals surface area contributed by atoms with Crippen molar-refractivity contribution in [2.24, 2.45) is 5.73 Å². The summed E-state index contributed by atoms with van der Waals surface area (Å²) in [6.45, 7) is 1.88. The van der Waals surface area contributed by atoms with Gasteiger partial charge in [0.15, 0.2) is 0 Å². The molecule has 0 radical (unpaired) electrons. The molecule has 0 aliphatic heterocycles. The highest BCUT2D eigenvalue weighted by Crippen LogP contribution is 2.27. The Morgan fingerprint density at radius 3 is 2.59 bits per heavy atom. The Balaban J connectivity index is 2.09. The van der Waals surface area contributed by atoms with Gasteiger partial charge in [-0.3, -0.25) is 4.79 Å². The molecular formula is C17H20N2O2S. The fourth-order valence-corrected chi connectivity index (χ4v) is 2.31. The lowest BCUT2D eigenvalue weighted by Gasteiger charge is -2.12. The number of carbonyl (C=O) groups excluding carboxylic acids is 1. The smallest absolute Gasteiger partial charge is 0.241 e. The lowest BCUT2D eigenvalue weighted by molar-refractivity contribution is -0.117. The molecule has 0 spiro atoms. The minimum absolute atomic E-state index is 0.191. The molecule has 2 aromatic rings. The normalized spacial score (nSPS) is 11.8. The Labute approximate surface area is 135 Å². The first-order valence-electron chi connectivity index (χ1n) is 7.10. The van der Waals surface area contributed by atoms with Gasteiger partial charge < -0.3 is 15.8 Å². The molecule has 1 amide bonds. The van der Waals surface area contributed by atoms with Crippen molar-refractivity contribution in [3.63, 3.8) is 0 Å². The molecule has 116 valence electrons. The first-order valence-corrected chi connectivity index (χ1v) is 8.33. The number of carbonyl (C=O) groups is 1. The number of rotatable bonds is 6. The molecule has 0 aliphatic rings. The average molecular weight is 316 g/mol. The monoisotopic (exact) mass is 316 g/mol. The molecule has 1 unspecified atom stereocenters. The highest BCUT2D eigenvalue weighted by atomic mass is 32.2. The van der Waals surface area contributed by atoms with Gasteiger partial charge in [0.25, 0.3) is 0 Å². The fraction of sp³-hybridized carbons (Fsp3) is 0.235. The van der Waals surface area contributed by atoms with Crippen molar-refractivity contribution in [1.82, 2.24) is 0 Å². The van der Waals surface area contributed by atoms with E-state index in [0.29, 0.717) is 17.9 Å². The number of nitrogens with two attached hydrogens (primary N) is 1. The molecule has 0 aromatic heterocycles. The number of anilines is 1. The number of thioether (sulfide) groups is 1.